The van der Waals surface area contributed by atoms with Crippen LogP contribution >= 0.6 is 11.6 Å². The maximum atomic E-state index is 9.12. The van der Waals surface area contributed by atoms with Crippen LogP contribution in [0.5, 0.6) is 0 Å². The van der Waals surface area contributed by atoms with E-state index in [1.165, 1.54) is 0 Å². The number of nitriles is 1. The van der Waals surface area contributed by atoms with Crippen LogP contribution in [0.25, 0.3) is 0 Å². The van der Waals surface area contributed by atoms with Crippen molar-refractivity contribution in [2.24, 2.45) is 5.92 Å². The monoisotopic (exact) mass is 266 g/mol. The van der Waals surface area contributed by atoms with Gasteiger partial charge in [-0.3, -0.25) is 0 Å². The minimum absolute atomic E-state index is 0.163. The van der Waals surface area contributed by atoms with Gasteiger partial charge in [-0.2, -0.15) is 5.26 Å². The minimum atomic E-state index is 0.163. The molecule has 0 radical (unpaired) electrons. The number of nitrogens with zero attached hydrogens (tertiary/aromatic N) is 1. The fourth-order valence-electron chi connectivity index (χ4n) is 1.60. The van der Waals surface area contributed by atoms with Crippen LogP contribution in [0.3, 0.4) is 0 Å². The lowest BCUT2D eigenvalue weighted by Crippen LogP contribution is -2.31. The molecule has 1 aromatic carbocycles. The molecule has 0 bridgehead atoms. The first-order valence-corrected chi connectivity index (χ1v) is 6.50. The molecule has 0 aliphatic rings. The highest BCUT2D eigenvalue weighted by atomic mass is 35.5. The third kappa shape index (κ3) is 3.90. The number of rotatable bonds is 6. The van der Waals surface area contributed by atoms with Gasteiger partial charge in [-0.25, -0.2) is 0 Å². The highest BCUT2D eigenvalue weighted by molar-refractivity contribution is 6.32. The summed E-state index contributed by atoms with van der Waals surface area (Å²) in [5.41, 5.74) is 1.25. The van der Waals surface area contributed by atoms with Crippen molar-refractivity contribution < 1.29 is 4.74 Å². The van der Waals surface area contributed by atoms with Crippen molar-refractivity contribution in [1.29, 1.82) is 5.26 Å². The summed E-state index contributed by atoms with van der Waals surface area (Å²) in [6.07, 6.45) is 0. The van der Waals surface area contributed by atoms with Crippen LogP contribution in [-0.4, -0.2) is 19.3 Å². The number of hydrogen-bond acceptors (Lipinski definition) is 3. The van der Waals surface area contributed by atoms with Gasteiger partial charge >= 0.3 is 0 Å². The summed E-state index contributed by atoms with van der Waals surface area (Å²) >= 11 is 6.00. The van der Waals surface area contributed by atoms with Crippen LogP contribution in [0.4, 0.5) is 5.69 Å². The molecule has 0 fully saturated rings. The van der Waals surface area contributed by atoms with Crippen LogP contribution in [0.2, 0.25) is 5.02 Å². The third-order valence-electron chi connectivity index (χ3n) is 2.77. The van der Waals surface area contributed by atoms with E-state index in [1.54, 1.807) is 6.07 Å². The number of hydrogen-bond donors (Lipinski definition) is 1. The van der Waals surface area contributed by atoms with Gasteiger partial charge in [0.15, 0.2) is 0 Å². The molecule has 0 aliphatic carbocycles. The molecule has 0 saturated carbocycles. The van der Waals surface area contributed by atoms with Crippen molar-refractivity contribution in [3.8, 4) is 6.07 Å². The first-order valence-electron chi connectivity index (χ1n) is 6.13. The van der Waals surface area contributed by atoms with Gasteiger partial charge in [0, 0.05) is 6.61 Å². The van der Waals surface area contributed by atoms with Gasteiger partial charge in [0.25, 0.3) is 0 Å². The van der Waals surface area contributed by atoms with Crippen molar-refractivity contribution in [1.82, 2.24) is 0 Å². The lowest BCUT2D eigenvalue weighted by atomic mass is 10.0. The molecule has 98 valence electrons. The van der Waals surface area contributed by atoms with E-state index < -0.39 is 0 Å². The molecule has 0 heterocycles. The summed E-state index contributed by atoms with van der Waals surface area (Å²) in [6.45, 7) is 7.51. The fourth-order valence-corrected chi connectivity index (χ4v) is 1.82. The molecular weight excluding hydrogens is 248 g/mol. The van der Waals surface area contributed by atoms with Crippen molar-refractivity contribution in [3.63, 3.8) is 0 Å². The van der Waals surface area contributed by atoms with E-state index in [4.69, 9.17) is 21.6 Å². The van der Waals surface area contributed by atoms with Gasteiger partial charge in [-0.05, 0) is 25.0 Å². The summed E-state index contributed by atoms with van der Waals surface area (Å²) in [7, 11) is 0. The molecule has 1 unspecified atom stereocenters. The summed E-state index contributed by atoms with van der Waals surface area (Å²) in [5, 5.41) is 12.9. The maximum absolute atomic E-state index is 9.12. The Morgan fingerprint density at radius 1 is 1.44 bits per heavy atom. The molecule has 0 amide bonds. The summed E-state index contributed by atoms with van der Waals surface area (Å²) in [5.74, 6) is 0.405. The Morgan fingerprint density at radius 2 is 2.17 bits per heavy atom. The Bertz CT molecular complexity index is 426. The van der Waals surface area contributed by atoms with Crippen LogP contribution < -0.4 is 5.32 Å². The van der Waals surface area contributed by atoms with Crippen LogP contribution in [0.1, 0.15) is 26.3 Å². The highest BCUT2D eigenvalue weighted by Crippen LogP contribution is 2.24. The molecule has 0 saturated heterocycles. The average Bonchev–Trinajstić information content (AvgIpc) is 2.34. The number of ether oxygens (including phenoxy) is 1. The standard InChI is InChI=1S/C14H19ClN2O/c1-4-18-9-14(10(2)3)17-13-7-5-6-12(15)11(13)8-16/h5-7,10,14,17H,4,9H2,1-3H3. The SMILES string of the molecule is CCOCC(Nc1cccc(Cl)c1C#N)C(C)C. The maximum Gasteiger partial charge on any atom is 0.103 e. The molecule has 1 rings (SSSR count). The molecule has 1 N–H and O–H groups in total. The summed E-state index contributed by atoms with van der Waals surface area (Å²) in [6, 6.07) is 7.72. The van der Waals surface area contributed by atoms with E-state index >= 15 is 0 Å². The lowest BCUT2D eigenvalue weighted by Gasteiger charge is -2.24. The zero-order valence-electron chi connectivity index (χ0n) is 11.0. The second kappa shape index (κ2) is 7.25. The molecule has 0 spiro atoms. The number of benzene rings is 1. The molecule has 0 aliphatic heterocycles. The Hall–Kier alpha value is -1.24. The predicted molar refractivity (Wildman–Crippen MR) is 74.9 cm³/mol. The first kappa shape index (κ1) is 14.8. The first-order chi connectivity index (χ1) is 8.60. The highest BCUT2D eigenvalue weighted by Gasteiger charge is 2.15. The Morgan fingerprint density at radius 3 is 2.72 bits per heavy atom. The van der Waals surface area contributed by atoms with Gasteiger partial charge in [0.1, 0.15) is 6.07 Å². The van der Waals surface area contributed by atoms with Crippen LogP contribution in [0.15, 0.2) is 18.2 Å². The minimum Gasteiger partial charge on any atom is -0.380 e. The average molecular weight is 267 g/mol. The zero-order valence-corrected chi connectivity index (χ0v) is 11.8. The van der Waals surface area contributed by atoms with Crippen molar-refractivity contribution in [2.45, 2.75) is 26.8 Å². The van der Waals surface area contributed by atoms with Crippen molar-refractivity contribution >= 4 is 17.3 Å². The zero-order chi connectivity index (χ0) is 13.5. The predicted octanol–water partition coefficient (Wildman–Crippen LogP) is 3.68. The Kier molecular flexibility index (Phi) is 5.97. The summed E-state index contributed by atoms with van der Waals surface area (Å²) < 4.78 is 5.45. The van der Waals surface area contributed by atoms with Crippen molar-refractivity contribution in [2.75, 3.05) is 18.5 Å². The van der Waals surface area contributed by atoms with E-state index in [2.05, 4.69) is 25.2 Å². The molecule has 18 heavy (non-hydrogen) atoms. The molecule has 4 heteroatoms. The van der Waals surface area contributed by atoms with E-state index in [1.807, 2.05) is 19.1 Å². The van der Waals surface area contributed by atoms with E-state index in [0.717, 1.165) is 5.69 Å². The van der Waals surface area contributed by atoms with E-state index in [9.17, 15) is 0 Å². The molecule has 1 atom stereocenters. The van der Waals surface area contributed by atoms with Gasteiger partial charge < -0.3 is 10.1 Å². The third-order valence-corrected chi connectivity index (χ3v) is 3.09. The topological polar surface area (TPSA) is 45.0 Å². The quantitative estimate of drug-likeness (QED) is 0.854. The fraction of sp³-hybridized carbons (Fsp3) is 0.500. The second-order valence-electron chi connectivity index (χ2n) is 4.43. The largest absolute Gasteiger partial charge is 0.380 e. The smallest absolute Gasteiger partial charge is 0.103 e. The number of nitrogens with one attached hydrogen (secondary N) is 1. The van der Waals surface area contributed by atoms with E-state index in [-0.39, 0.29) is 6.04 Å². The molecular formula is C14H19ClN2O. The van der Waals surface area contributed by atoms with Crippen LogP contribution in [-0.2, 0) is 4.74 Å². The second-order valence-corrected chi connectivity index (χ2v) is 4.84. The van der Waals surface area contributed by atoms with Gasteiger partial charge in [-0.1, -0.05) is 31.5 Å². The molecule has 3 nitrogen and oxygen atoms in total. The van der Waals surface area contributed by atoms with Crippen LogP contribution in [0, 0.1) is 17.2 Å². The number of anilines is 1. The lowest BCUT2D eigenvalue weighted by molar-refractivity contribution is 0.127. The Balaban J connectivity index is 2.87. The summed E-state index contributed by atoms with van der Waals surface area (Å²) in [4.78, 5) is 0. The van der Waals surface area contributed by atoms with Gasteiger partial charge in [-0.15, -0.1) is 0 Å². The number of halogens is 1. The normalized spacial score (nSPS) is 12.2. The van der Waals surface area contributed by atoms with Gasteiger partial charge in [0.05, 0.1) is 28.9 Å². The molecule has 0 aromatic heterocycles. The van der Waals surface area contributed by atoms with Crippen molar-refractivity contribution in [3.05, 3.63) is 28.8 Å². The van der Waals surface area contributed by atoms with Gasteiger partial charge in [0.2, 0.25) is 0 Å². The Labute approximate surface area is 114 Å². The molecule has 1 aromatic rings. The van der Waals surface area contributed by atoms with E-state index in [0.29, 0.717) is 29.7 Å².